The highest BCUT2D eigenvalue weighted by atomic mass is 15.0. The van der Waals surface area contributed by atoms with E-state index < -0.39 is 0 Å². The summed E-state index contributed by atoms with van der Waals surface area (Å²) in [6.07, 6.45) is 0. The lowest BCUT2D eigenvalue weighted by Gasteiger charge is -2.15. The van der Waals surface area contributed by atoms with Crippen LogP contribution in [-0.2, 0) is 0 Å². The van der Waals surface area contributed by atoms with E-state index >= 15 is 0 Å². The highest BCUT2D eigenvalue weighted by Crippen LogP contribution is 2.49. The molecule has 3 aromatic heterocycles. The minimum Gasteiger partial charge on any atom is -0.309 e. The number of para-hydroxylation sites is 3. The van der Waals surface area contributed by atoms with E-state index in [4.69, 9.17) is 9.97 Å². The van der Waals surface area contributed by atoms with Gasteiger partial charge < -0.3 is 9.13 Å². The van der Waals surface area contributed by atoms with Crippen molar-refractivity contribution < 1.29 is 0 Å². The van der Waals surface area contributed by atoms with Crippen LogP contribution in [0.3, 0.4) is 0 Å². The van der Waals surface area contributed by atoms with Crippen LogP contribution >= 0.6 is 0 Å². The molecule has 9 aromatic carbocycles. The molecule has 1 unspecified atom stereocenters. The highest BCUT2D eigenvalue weighted by molar-refractivity contribution is 6.20. The fraction of sp³-hybridized carbons (Fsp3) is 0.0169. The Balaban J connectivity index is 1.02. The van der Waals surface area contributed by atoms with Gasteiger partial charge >= 0.3 is 0 Å². The second-order valence-corrected chi connectivity index (χ2v) is 16.5. The van der Waals surface area contributed by atoms with Crippen LogP contribution in [0, 0.1) is 0 Å². The molecule has 0 radical (unpaired) electrons. The van der Waals surface area contributed by atoms with Gasteiger partial charge in [-0.05, 0) is 100 Å². The van der Waals surface area contributed by atoms with E-state index in [1.807, 2.05) is 0 Å². The van der Waals surface area contributed by atoms with Crippen LogP contribution in [-0.4, -0.2) is 19.1 Å². The molecular formula is C59H38N4. The van der Waals surface area contributed by atoms with Gasteiger partial charge in [-0.1, -0.05) is 158 Å². The molecule has 0 spiro atoms. The van der Waals surface area contributed by atoms with Crippen molar-refractivity contribution in [3.8, 4) is 56.4 Å². The number of nitrogens with zero attached hydrogens (tertiary/aromatic N) is 4. The van der Waals surface area contributed by atoms with Gasteiger partial charge in [-0.2, -0.15) is 0 Å². The monoisotopic (exact) mass is 802 g/mol. The van der Waals surface area contributed by atoms with Gasteiger partial charge in [0.05, 0.1) is 33.5 Å². The summed E-state index contributed by atoms with van der Waals surface area (Å²) < 4.78 is 4.82. The zero-order chi connectivity index (χ0) is 41.4. The quantitative estimate of drug-likeness (QED) is 0.168. The zero-order valence-electron chi connectivity index (χ0n) is 34.2. The average molecular weight is 803 g/mol. The molecule has 0 saturated carbocycles. The lowest BCUT2D eigenvalue weighted by atomic mass is 9.89. The lowest BCUT2D eigenvalue weighted by molar-refractivity contribution is 1.01. The third-order valence-electron chi connectivity index (χ3n) is 13.0. The Kier molecular flexibility index (Phi) is 7.94. The van der Waals surface area contributed by atoms with Crippen LogP contribution in [0.15, 0.2) is 224 Å². The van der Waals surface area contributed by atoms with Gasteiger partial charge in [0, 0.05) is 50.0 Å². The molecule has 0 N–H and O–H groups in total. The second-order valence-electron chi connectivity index (χ2n) is 16.5. The van der Waals surface area contributed by atoms with Crippen LogP contribution in [0.1, 0.15) is 22.6 Å². The van der Waals surface area contributed by atoms with Crippen molar-refractivity contribution in [1.29, 1.82) is 0 Å². The van der Waals surface area contributed by atoms with E-state index in [9.17, 15) is 0 Å². The molecule has 294 valence electrons. The number of rotatable bonds is 6. The fourth-order valence-electron chi connectivity index (χ4n) is 10.2. The van der Waals surface area contributed by atoms with Gasteiger partial charge in [0.1, 0.15) is 0 Å². The van der Waals surface area contributed by atoms with Crippen LogP contribution < -0.4 is 0 Å². The van der Waals surface area contributed by atoms with E-state index in [1.54, 1.807) is 0 Å². The van der Waals surface area contributed by atoms with Gasteiger partial charge in [0.15, 0.2) is 5.82 Å². The van der Waals surface area contributed by atoms with Crippen molar-refractivity contribution in [2.75, 3.05) is 0 Å². The minimum atomic E-state index is 0.192. The summed E-state index contributed by atoms with van der Waals surface area (Å²) >= 11 is 0. The van der Waals surface area contributed by atoms with Crippen LogP contribution in [0.2, 0.25) is 0 Å². The van der Waals surface area contributed by atoms with Crippen molar-refractivity contribution in [2.45, 2.75) is 5.92 Å². The molecule has 12 aromatic rings. The number of aromatic nitrogens is 4. The molecule has 0 fully saturated rings. The molecule has 63 heavy (non-hydrogen) atoms. The normalized spacial score (nSPS) is 13.2. The Hall–Kier alpha value is -8.34. The molecule has 3 heterocycles. The average Bonchev–Trinajstić information content (AvgIpc) is 4.02. The molecule has 1 atom stereocenters. The molecule has 0 amide bonds. The molecule has 4 heteroatoms. The predicted octanol–water partition coefficient (Wildman–Crippen LogP) is 14.8. The van der Waals surface area contributed by atoms with E-state index in [1.165, 1.54) is 49.7 Å². The third-order valence-corrected chi connectivity index (χ3v) is 13.0. The molecule has 4 nitrogen and oxygen atoms in total. The Morgan fingerprint density at radius 2 is 0.984 bits per heavy atom. The molecule has 0 aliphatic heterocycles. The molecule has 1 aliphatic rings. The van der Waals surface area contributed by atoms with Crippen molar-refractivity contribution in [2.24, 2.45) is 0 Å². The standard InChI is InChI=1S/C59H38N4/c1-5-17-38(18-6-1)55-37-51-54(62(55)42-21-9-3-10-22-42)34-32-47-50-36-41(30-33-53(50)63(58(47)51)43-23-11-4-12-24-43)59-60-52-28-16-15-27-48(52)57(61-59)40-29-31-46-49(35-40)44-25-13-14-26-45(44)56(46)39-19-7-2-8-20-39/h1-37,56H. The summed E-state index contributed by atoms with van der Waals surface area (Å²) in [5.41, 5.74) is 18.5. The molecule has 0 saturated heterocycles. The van der Waals surface area contributed by atoms with E-state index in [0.717, 1.165) is 61.2 Å². The minimum absolute atomic E-state index is 0.192. The summed E-state index contributed by atoms with van der Waals surface area (Å²) in [4.78, 5) is 10.7. The summed E-state index contributed by atoms with van der Waals surface area (Å²) in [6.45, 7) is 0. The first kappa shape index (κ1) is 35.4. The number of benzene rings is 9. The maximum Gasteiger partial charge on any atom is 0.160 e. The molecule has 1 aliphatic carbocycles. The first-order valence-electron chi connectivity index (χ1n) is 21.6. The smallest absolute Gasteiger partial charge is 0.160 e. The third kappa shape index (κ3) is 5.55. The Labute approximate surface area is 364 Å². The Morgan fingerprint density at radius 1 is 0.365 bits per heavy atom. The van der Waals surface area contributed by atoms with E-state index in [-0.39, 0.29) is 5.92 Å². The summed E-state index contributed by atoms with van der Waals surface area (Å²) in [7, 11) is 0. The number of fused-ring (bicyclic) bond motifs is 9. The van der Waals surface area contributed by atoms with Crippen molar-refractivity contribution in [3.05, 3.63) is 241 Å². The van der Waals surface area contributed by atoms with Gasteiger partial charge in [-0.3, -0.25) is 0 Å². The summed E-state index contributed by atoms with van der Waals surface area (Å²) in [5.74, 6) is 0.897. The maximum absolute atomic E-state index is 5.46. The first-order valence-corrected chi connectivity index (χ1v) is 21.6. The predicted molar refractivity (Wildman–Crippen MR) is 260 cm³/mol. The second kappa shape index (κ2) is 14.1. The summed E-state index contributed by atoms with van der Waals surface area (Å²) in [6, 6.07) is 80.9. The lowest BCUT2D eigenvalue weighted by Crippen LogP contribution is -1.99. The highest BCUT2D eigenvalue weighted by Gasteiger charge is 2.30. The molecule has 0 bridgehead atoms. The Morgan fingerprint density at radius 3 is 1.78 bits per heavy atom. The van der Waals surface area contributed by atoms with E-state index in [2.05, 4.69) is 234 Å². The zero-order valence-corrected chi connectivity index (χ0v) is 34.2. The molecular weight excluding hydrogens is 765 g/mol. The van der Waals surface area contributed by atoms with Gasteiger partial charge in [0.25, 0.3) is 0 Å². The van der Waals surface area contributed by atoms with Gasteiger partial charge in [0.2, 0.25) is 0 Å². The van der Waals surface area contributed by atoms with Crippen LogP contribution in [0.5, 0.6) is 0 Å². The maximum atomic E-state index is 5.46. The number of hydrogen-bond acceptors (Lipinski definition) is 2. The topological polar surface area (TPSA) is 35.6 Å². The van der Waals surface area contributed by atoms with Crippen molar-refractivity contribution in [1.82, 2.24) is 19.1 Å². The SMILES string of the molecule is c1ccc(-c2cc3c(ccc4c5cc(-c6nc(-c7ccc8c(c7)-c7ccccc7C8c7ccccc7)c7ccccc7n6)ccc5n(-c5ccccc5)c43)n2-c2ccccc2)cc1. The van der Waals surface area contributed by atoms with Crippen LogP contribution in [0.25, 0.3) is 100 Å². The van der Waals surface area contributed by atoms with Crippen molar-refractivity contribution >= 4 is 43.6 Å². The fourth-order valence-corrected chi connectivity index (χ4v) is 10.2. The number of hydrogen-bond donors (Lipinski definition) is 0. The first-order chi connectivity index (χ1) is 31.3. The summed E-state index contributed by atoms with van der Waals surface area (Å²) in [5, 5.41) is 4.56. The van der Waals surface area contributed by atoms with Gasteiger partial charge in [-0.15, -0.1) is 0 Å². The largest absolute Gasteiger partial charge is 0.309 e. The van der Waals surface area contributed by atoms with Crippen LogP contribution in [0.4, 0.5) is 0 Å². The Bertz CT molecular complexity index is 3720. The molecule has 13 rings (SSSR count). The van der Waals surface area contributed by atoms with Crippen molar-refractivity contribution in [3.63, 3.8) is 0 Å². The van der Waals surface area contributed by atoms with E-state index in [0.29, 0.717) is 5.82 Å². The van der Waals surface area contributed by atoms with Gasteiger partial charge in [-0.25, -0.2) is 9.97 Å².